The van der Waals surface area contributed by atoms with Crippen LogP contribution in [-0.4, -0.2) is 46.6 Å². The van der Waals surface area contributed by atoms with E-state index in [0.717, 1.165) is 5.56 Å². The number of rotatable bonds is 7. The van der Waals surface area contributed by atoms with Crippen LogP contribution in [0.4, 0.5) is 15.9 Å². The Kier molecular flexibility index (Phi) is 6.58. The van der Waals surface area contributed by atoms with Gasteiger partial charge in [-0.05, 0) is 57.3 Å². The lowest BCUT2D eigenvalue weighted by Crippen LogP contribution is -2.36. The quantitative estimate of drug-likeness (QED) is 0.628. The normalized spacial score (nSPS) is 10.8. The summed E-state index contributed by atoms with van der Waals surface area (Å²) in [6.07, 6.45) is 0. The Hall–Kier alpha value is -3.52. The summed E-state index contributed by atoms with van der Waals surface area (Å²) in [5.74, 6) is -0.370. The van der Waals surface area contributed by atoms with E-state index in [2.05, 4.69) is 15.7 Å². The summed E-state index contributed by atoms with van der Waals surface area (Å²) in [4.78, 5) is 26.3. The highest BCUT2D eigenvalue weighted by Crippen LogP contribution is 2.17. The zero-order valence-electron chi connectivity index (χ0n) is 17.1. The topological polar surface area (TPSA) is 79.3 Å². The number of halogens is 1. The highest BCUT2D eigenvalue weighted by molar-refractivity contribution is 5.94. The third kappa shape index (κ3) is 5.74. The molecule has 1 aromatic heterocycles. The van der Waals surface area contributed by atoms with E-state index in [-0.39, 0.29) is 30.7 Å². The van der Waals surface area contributed by atoms with Crippen LogP contribution in [0.25, 0.3) is 5.69 Å². The SMILES string of the molecule is Cc1ccc(NC(=O)CN(C)CC(=O)Nc2cc(C)nn2-c2ccc(F)cc2)cc1. The van der Waals surface area contributed by atoms with Gasteiger partial charge in [0.2, 0.25) is 11.8 Å². The molecule has 1 heterocycles. The number of carbonyl (C=O) groups excluding carboxylic acids is 2. The minimum Gasteiger partial charge on any atom is -0.325 e. The highest BCUT2D eigenvalue weighted by Gasteiger charge is 2.14. The van der Waals surface area contributed by atoms with Gasteiger partial charge in [-0.3, -0.25) is 14.5 Å². The van der Waals surface area contributed by atoms with Crippen molar-refractivity contribution in [3.05, 3.63) is 71.7 Å². The fourth-order valence-corrected chi connectivity index (χ4v) is 2.93. The van der Waals surface area contributed by atoms with Gasteiger partial charge in [-0.15, -0.1) is 0 Å². The van der Waals surface area contributed by atoms with Crippen LogP contribution < -0.4 is 10.6 Å². The molecule has 0 aliphatic heterocycles. The van der Waals surface area contributed by atoms with Gasteiger partial charge in [0.1, 0.15) is 11.6 Å². The Balaban J connectivity index is 1.57. The van der Waals surface area contributed by atoms with Crippen molar-refractivity contribution in [3.63, 3.8) is 0 Å². The van der Waals surface area contributed by atoms with E-state index in [9.17, 15) is 14.0 Å². The molecule has 2 aromatic carbocycles. The summed E-state index contributed by atoms with van der Waals surface area (Å²) in [6.45, 7) is 3.87. The number of nitrogens with one attached hydrogen (secondary N) is 2. The molecule has 0 spiro atoms. The molecule has 2 amide bonds. The van der Waals surface area contributed by atoms with Crippen molar-refractivity contribution in [3.8, 4) is 5.69 Å². The van der Waals surface area contributed by atoms with Crippen LogP contribution in [0.3, 0.4) is 0 Å². The third-order valence-electron chi connectivity index (χ3n) is 4.33. The molecule has 0 saturated carbocycles. The van der Waals surface area contributed by atoms with Crippen LogP contribution in [0, 0.1) is 19.7 Å². The second kappa shape index (κ2) is 9.32. The third-order valence-corrected chi connectivity index (χ3v) is 4.33. The lowest BCUT2D eigenvalue weighted by molar-refractivity contribution is -0.119. The summed E-state index contributed by atoms with van der Waals surface area (Å²) in [7, 11) is 1.69. The summed E-state index contributed by atoms with van der Waals surface area (Å²) in [5.41, 5.74) is 3.16. The molecule has 156 valence electrons. The number of anilines is 2. The van der Waals surface area contributed by atoms with Crippen molar-refractivity contribution in [1.29, 1.82) is 0 Å². The minimum atomic E-state index is -0.348. The maximum atomic E-state index is 13.2. The Bertz CT molecular complexity index is 1030. The fourth-order valence-electron chi connectivity index (χ4n) is 2.93. The molecule has 3 rings (SSSR count). The predicted molar refractivity (Wildman–Crippen MR) is 114 cm³/mol. The Labute approximate surface area is 174 Å². The van der Waals surface area contributed by atoms with Crippen LogP contribution in [0.15, 0.2) is 54.6 Å². The van der Waals surface area contributed by atoms with Gasteiger partial charge < -0.3 is 10.6 Å². The summed E-state index contributed by atoms with van der Waals surface area (Å²) in [6, 6.07) is 15.1. The van der Waals surface area contributed by atoms with Gasteiger partial charge in [0, 0.05) is 11.8 Å². The van der Waals surface area contributed by atoms with E-state index in [4.69, 9.17) is 0 Å². The maximum absolute atomic E-state index is 13.2. The van der Waals surface area contributed by atoms with Crippen LogP contribution in [0.1, 0.15) is 11.3 Å². The van der Waals surface area contributed by atoms with Crippen molar-refractivity contribution in [1.82, 2.24) is 14.7 Å². The fraction of sp³-hybridized carbons (Fsp3) is 0.227. The average Bonchev–Trinajstić information content (AvgIpc) is 3.03. The van der Waals surface area contributed by atoms with E-state index in [1.807, 2.05) is 31.2 Å². The van der Waals surface area contributed by atoms with Gasteiger partial charge in [0.25, 0.3) is 0 Å². The van der Waals surface area contributed by atoms with E-state index in [1.54, 1.807) is 37.1 Å². The number of nitrogens with zero attached hydrogens (tertiary/aromatic N) is 3. The van der Waals surface area contributed by atoms with Gasteiger partial charge in [-0.1, -0.05) is 17.7 Å². The van der Waals surface area contributed by atoms with Gasteiger partial charge in [-0.2, -0.15) is 5.10 Å². The molecule has 0 atom stereocenters. The first-order chi connectivity index (χ1) is 14.3. The standard InChI is InChI=1S/C22H24FN5O2/c1-15-4-8-18(9-5-15)24-21(29)13-27(3)14-22(30)25-20-12-16(2)26-28(20)19-10-6-17(23)7-11-19/h4-12H,13-14H2,1-3H3,(H,24,29)(H,25,30). The molecule has 30 heavy (non-hydrogen) atoms. The van der Waals surface area contributed by atoms with Gasteiger partial charge in [0.15, 0.2) is 0 Å². The first-order valence-corrected chi connectivity index (χ1v) is 9.47. The summed E-state index contributed by atoms with van der Waals surface area (Å²) >= 11 is 0. The van der Waals surface area contributed by atoms with Gasteiger partial charge in [-0.25, -0.2) is 9.07 Å². The van der Waals surface area contributed by atoms with Crippen molar-refractivity contribution in [2.75, 3.05) is 30.8 Å². The lowest BCUT2D eigenvalue weighted by atomic mass is 10.2. The summed E-state index contributed by atoms with van der Waals surface area (Å²) < 4.78 is 14.7. The molecule has 0 saturated heterocycles. The van der Waals surface area contributed by atoms with Crippen molar-refractivity contribution in [2.45, 2.75) is 13.8 Å². The molecular formula is C22H24FN5O2. The Morgan fingerprint density at radius 3 is 2.20 bits per heavy atom. The van der Waals surface area contributed by atoms with Crippen molar-refractivity contribution >= 4 is 23.3 Å². The van der Waals surface area contributed by atoms with Crippen LogP contribution >= 0.6 is 0 Å². The molecular weight excluding hydrogens is 385 g/mol. The van der Waals surface area contributed by atoms with Crippen molar-refractivity contribution < 1.29 is 14.0 Å². The molecule has 0 aliphatic rings. The monoisotopic (exact) mass is 409 g/mol. The maximum Gasteiger partial charge on any atom is 0.239 e. The number of likely N-dealkylation sites (N-methyl/N-ethyl adjacent to an activating group) is 1. The zero-order chi connectivity index (χ0) is 21.7. The molecule has 7 nitrogen and oxygen atoms in total. The molecule has 3 aromatic rings. The minimum absolute atomic E-state index is 0.0228. The van der Waals surface area contributed by atoms with Crippen LogP contribution in [0.5, 0.6) is 0 Å². The number of benzene rings is 2. The van der Waals surface area contributed by atoms with Gasteiger partial charge >= 0.3 is 0 Å². The highest BCUT2D eigenvalue weighted by atomic mass is 19.1. The first kappa shape index (κ1) is 21.2. The van der Waals surface area contributed by atoms with Crippen molar-refractivity contribution in [2.24, 2.45) is 0 Å². The second-order valence-electron chi connectivity index (χ2n) is 7.19. The Morgan fingerprint density at radius 1 is 0.967 bits per heavy atom. The van der Waals surface area contributed by atoms with E-state index < -0.39 is 0 Å². The molecule has 0 unspecified atom stereocenters. The van der Waals surface area contributed by atoms with E-state index in [0.29, 0.717) is 22.9 Å². The smallest absolute Gasteiger partial charge is 0.239 e. The molecule has 0 radical (unpaired) electrons. The van der Waals surface area contributed by atoms with E-state index >= 15 is 0 Å². The van der Waals surface area contributed by atoms with Crippen LogP contribution in [-0.2, 0) is 9.59 Å². The first-order valence-electron chi connectivity index (χ1n) is 9.47. The number of amides is 2. The zero-order valence-corrected chi connectivity index (χ0v) is 17.1. The largest absolute Gasteiger partial charge is 0.325 e. The number of hydrogen-bond donors (Lipinski definition) is 2. The molecule has 0 aliphatic carbocycles. The molecule has 0 fully saturated rings. The van der Waals surface area contributed by atoms with Crippen LogP contribution in [0.2, 0.25) is 0 Å². The molecule has 8 heteroatoms. The number of aromatic nitrogens is 2. The average molecular weight is 409 g/mol. The lowest BCUT2D eigenvalue weighted by Gasteiger charge is -2.16. The summed E-state index contributed by atoms with van der Waals surface area (Å²) in [5, 5.41) is 9.95. The van der Waals surface area contributed by atoms with E-state index in [1.165, 1.54) is 16.8 Å². The predicted octanol–water partition coefficient (Wildman–Crippen LogP) is 3.14. The number of aryl methyl sites for hydroxylation is 2. The second-order valence-corrected chi connectivity index (χ2v) is 7.19. The van der Waals surface area contributed by atoms with Gasteiger partial charge in [0.05, 0.1) is 24.5 Å². The number of hydrogen-bond acceptors (Lipinski definition) is 4. The molecule has 2 N–H and O–H groups in total. The Morgan fingerprint density at radius 2 is 1.57 bits per heavy atom. The number of carbonyl (C=O) groups is 2. The molecule has 0 bridgehead atoms.